The zero-order valence-corrected chi connectivity index (χ0v) is 16.7. The Morgan fingerprint density at radius 3 is 2.62 bits per heavy atom. The Labute approximate surface area is 173 Å². The van der Waals surface area contributed by atoms with Crippen LogP contribution in [0.3, 0.4) is 0 Å². The molecule has 29 heavy (non-hydrogen) atoms. The van der Waals surface area contributed by atoms with Gasteiger partial charge in [0.05, 0.1) is 18.5 Å². The molecule has 0 aliphatic carbocycles. The second kappa shape index (κ2) is 8.66. The molecule has 2 heterocycles. The molecule has 0 radical (unpaired) electrons. The number of aromatic amines is 2. The smallest absolute Gasteiger partial charge is 0.216 e. The van der Waals surface area contributed by atoms with Crippen LogP contribution in [0.25, 0.3) is 22.8 Å². The molecule has 2 N–H and O–H groups in total. The summed E-state index contributed by atoms with van der Waals surface area (Å²) in [6.07, 6.45) is 2.71. The molecule has 0 fully saturated rings. The highest BCUT2D eigenvalue weighted by Crippen LogP contribution is 2.22. The van der Waals surface area contributed by atoms with E-state index in [1.54, 1.807) is 10.9 Å². The van der Waals surface area contributed by atoms with Crippen molar-refractivity contribution < 1.29 is 4.74 Å². The molecule has 4 aromatic rings. The zero-order valence-electron chi connectivity index (χ0n) is 15.9. The Balaban J connectivity index is 1.57. The van der Waals surface area contributed by atoms with Crippen LogP contribution in [-0.2, 0) is 0 Å². The van der Waals surface area contributed by atoms with E-state index in [1.165, 1.54) is 0 Å². The van der Waals surface area contributed by atoms with Crippen molar-refractivity contribution in [3.05, 3.63) is 71.0 Å². The van der Waals surface area contributed by atoms with Gasteiger partial charge in [-0.1, -0.05) is 37.3 Å². The number of benzene rings is 2. The van der Waals surface area contributed by atoms with Gasteiger partial charge in [-0.25, -0.2) is 5.10 Å². The number of hydrogen-bond donors (Lipinski definition) is 2. The minimum atomic E-state index is 0.398. The molecule has 7 nitrogen and oxygen atoms in total. The molecule has 0 amide bonds. The summed E-state index contributed by atoms with van der Waals surface area (Å²) in [6.45, 7) is 2.78. The minimum Gasteiger partial charge on any atom is -0.494 e. The molecule has 0 aliphatic rings. The summed E-state index contributed by atoms with van der Waals surface area (Å²) in [6, 6.07) is 19.6. The first-order chi connectivity index (χ1) is 14.2. The average Bonchev–Trinajstić information content (AvgIpc) is 3.39. The lowest BCUT2D eigenvalue weighted by molar-refractivity contribution is 0.317. The van der Waals surface area contributed by atoms with Crippen LogP contribution in [0, 0.1) is 4.77 Å². The molecule has 0 unspecified atom stereocenters. The van der Waals surface area contributed by atoms with Crippen LogP contribution in [0.4, 0.5) is 0 Å². The summed E-state index contributed by atoms with van der Waals surface area (Å²) in [4.78, 5) is 0. The number of H-pyrrole nitrogens is 2. The fourth-order valence-electron chi connectivity index (χ4n) is 2.76. The molecule has 8 heteroatoms. The predicted molar refractivity (Wildman–Crippen MR) is 116 cm³/mol. The average molecular weight is 404 g/mol. The summed E-state index contributed by atoms with van der Waals surface area (Å²) < 4.78 is 7.57. The number of hydrogen-bond acceptors (Lipinski definition) is 5. The minimum absolute atomic E-state index is 0.398. The van der Waals surface area contributed by atoms with Crippen LogP contribution in [0.5, 0.6) is 5.75 Å². The first-order valence-corrected chi connectivity index (χ1v) is 9.71. The van der Waals surface area contributed by atoms with Crippen molar-refractivity contribution in [2.75, 3.05) is 6.61 Å². The fraction of sp³-hybridized carbons (Fsp3) is 0.143. The largest absolute Gasteiger partial charge is 0.494 e. The van der Waals surface area contributed by atoms with Gasteiger partial charge in [0.25, 0.3) is 0 Å². The summed E-state index contributed by atoms with van der Waals surface area (Å²) in [5.74, 6) is 1.40. The summed E-state index contributed by atoms with van der Waals surface area (Å²) in [5, 5.41) is 19.0. The Morgan fingerprint density at radius 2 is 1.86 bits per heavy atom. The van der Waals surface area contributed by atoms with E-state index >= 15 is 0 Å². The van der Waals surface area contributed by atoms with Crippen molar-refractivity contribution in [3.63, 3.8) is 0 Å². The van der Waals surface area contributed by atoms with Gasteiger partial charge in [-0.15, -0.1) is 0 Å². The molecule has 0 aliphatic heterocycles. The maximum atomic E-state index is 5.60. The highest BCUT2D eigenvalue weighted by atomic mass is 32.1. The number of nitrogens with one attached hydrogen (secondary N) is 2. The number of nitrogens with zero attached hydrogens (tertiary/aromatic N) is 4. The predicted octanol–water partition coefficient (Wildman–Crippen LogP) is 4.67. The third-order valence-corrected chi connectivity index (χ3v) is 4.48. The molecule has 0 saturated carbocycles. The van der Waals surface area contributed by atoms with Gasteiger partial charge in [-0.2, -0.15) is 20.0 Å². The SMILES string of the molecule is CCCOc1ccc(C=Nn2c(-c3cc(-c4ccccc4)n[nH]3)n[nH]c2=S)cc1. The third-order valence-electron chi connectivity index (χ3n) is 4.21. The van der Waals surface area contributed by atoms with Crippen LogP contribution < -0.4 is 4.74 Å². The van der Waals surface area contributed by atoms with Gasteiger partial charge in [0.15, 0.2) is 0 Å². The molecular weight excluding hydrogens is 384 g/mol. The molecule has 2 aromatic carbocycles. The molecule has 0 saturated heterocycles. The molecule has 0 spiro atoms. The lowest BCUT2D eigenvalue weighted by atomic mass is 10.1. The standard InChI is InChI=1S/C21H20N6OS/c1-2-12-28-17-10-8-15(9-11-17)14-22-27-20(25-26-21(27)29)19-13-18(23-24-19)16-6-4-3-5-7-16/h3-11,13-14H,2,12H2,1H3,(H,23,24)(H,26,29). The van der Waals surface area contributed by atoms with Crippen LogP contribution in [0.1, 0.15) is 18.9 Å². The van der Waals surface area contributed by atoms with Gasteiger partial charge in [-0.3, -0.25) is 5.10 Å². The highest BCUT2D eigenvalue weighted by molar-refractivity contribution is 7.71. The van der Waals surface area contributed by atoms with E-state index in [0.29, 0.717) is 17.2 Å². The molecule has 4 rings (SSSR count). The Hall–Kier alpha value is -3.52. The van der Waals surface area contributed by atoms with Gasteiger partial charge in [0, 0.05) is 5.56 Å². The quantitative estimate of drug-likeness (QED) is 0.346. The van der Waals surface area contributed by atoms with Crippen molar-refractivity contribution in [2.45, 2.75) is 13.3 Å². The third kappa shape index (κ3) is 4.33. The van der Waals surface area contributed by atoms with Crippen LogP contribution in [0.15, 0.2) is 65.8 Å². The topological polar surface area (TPSA) is 83.9 Å². The van der Waals surface area contributed by atoms with Crippen LogP contribution in [0.2, 0.25) is 0 Å². The molecule has 2 aromatic heterocycles. The van der Waals surface area contributed by atoms with Crippen LogP contribution in [-0.4, -0.2) is 37.9 Å². The molecule has 0 atom stereocenters. The van der Waals surface area contributed by atoms with Gasteiger partial charge in [0.2, 0.25) is 10.6 Å². The van der Waals surface area contributed by atoms with Gasteiger partial charge in [-0.05, 0) is 54.5 Å². The first kappa shape index (κ1) is 18.8. The van der Waals surface area contributed by atoms with E-state index in [-0.39, 0.29) is 0 Å². The second-order valence-electron chi connectivity index (χ2n) is 6.36. The molecular formula is C21H20N6OS. The monoisotopic (exact) mass is 404 g/mol. The maximum absolute atomic E-state index is 5.60. The van der Waals surface area contributed by atoms with Crippen molar-refractivity contribution >= 4 is 18.4 Å². The Bertz CT molecular complexity index is 1160. The maximum Gasteiger partial charge on any atom is 0.216 e. The Kier molecular flexibility index (Phi) is 5.62. The summed E-state index contributed by atoms with van der Waals surface area (Å²) in [7, 11) is 0. The highest BCUT2D eigenvalue weighted by Gasteiger charge is 2.12. The Morgan fingerprint density at radius 1 is 1.07 bits per heavy atom. The van der Waals surface area contributed by atoms with Crippen LogP contribution >= 0.6 is 12.2 Å². The van der Waals surface area contributed by atoms with E-state index in [1.807, 2.05) is 60.7 Å². The van der Waals surface area contributed by atoms with Crippen molar-refractivity contribution in [2.24, 2.45) is 5.10 Å². The molecule has 146 valence electrons. The van der Waals surface area contributed by atoms with E-state index in [2.05, 4.69) is 32.4 Å². The molecule has 0 bridgehead atoms. The fourth-order valence-corrected chi connectivity index (χ4v) is 2.94. The van der Waals surface area contributed by atoms with E-state index < -0.39 is 0 Å². The summed E-state index contributed by atoms with van der Waals surface area (Å²) in [5.41, 5.74) is 3.49. The van der Waals surface area contributed by atoms with Crippen molar-refractivity contribution in [1.29, 1.82) is 0 Å². The van der Waals surface area contributed by atoms with Gasteiger partial charge >= 0.3 is 0 Å². The normalized spacial score (nSPS) is 11.2. The lowest BCUT2D eigenvalue weighted by Crippen LogP contribution is -1.96. The van der Waals surface area contributed by atoms with Crippen molar-refractivity contribution in [3.8, 4) is 28.5 Å². The number of ether oxygens (including phenoxy) is 1. The van der Waals surface area contributed by atoms with Gasteiger partial charge < -0.3 is 4.74 Å². The van der Waals surface area contributed by atoms with E-state index in [9.17, 15) is 0 Å². The second-order valence-corrected chi connectivity index (χ2v) is 6.75. The lowest BCUT2D eigenvalue weighted by Gasteiger charge is -2.04. The zero-order chi connectivity index (χ0) is 20.1. The number of rotatable bonds is 7. The van der Waals surface area contributed by atoms with E-state index in [4.69, 9.17) is 17.0 Å². The number of aromatic nitrogens is 5. The van der Waals surface area contributed by atoms with Crippen molar-refractivity contribution in [1.82, 2.24) is 25.1 Å². The summed E-state index contributed by atoms with van der Waals surface area (Å²) >= 11 is 5.33. The van der Waals surface area contributed by atoms with E-state index in [0.717, 1.165) is 34.7 Å². The van der Waals surface area contributed by atoms with Gasteiger partial charge in [0.1, 0.15) is 11.4 Å². The first-order valence-electron chi connectivity index (χ1n) is 9.30.